The molecule has 2 amide bonds. The van der Waals surface area contributed by atoms with Crippen molar-refractivity contribution in [2.75, 3.05) is 25.0 Å². The van der Waals surface area contributed by atoms with Gasteiger partial charge in [0.2, 0.25) is 0 Å². The number of para-hydroxylation sites is 1. The number of hydrogen-bond acceptors (Lipinski definition) is 3. The van der Waals surface area contributed by atoms with Gasteiger partial charge in [-0.3, -0.25) is 5.32 Å². The zero-order valence-electron chi connectivity index (χ0n) is 13.7. The molecule has 128 valence electrons. The number of carbonyl (C=O) groups excluding carboxylic acids is 1. The number of aliphatic hydroxyl groups is 1. The van der Waals surface area contributed by atoms with E-state index in [1.807, 2.05) is 38.2 Å². The highest BCUT2D eigenvalue weighted by atomic mass is 35.5. The van der Waals surface area contributed by atoms with E-state index in [0.717, 1.165) is 11.3 Å². The van der Waals surface area contributed by atoms with Crippen molar-refractivity contribution >= 4 is 23.4 Å². The molecule has 1 aliphatic rings. The van der Waals surface area contributed by atoms with Gasteiger partial charge in [0.05, 0.1) is 10.7 Å². The summed E-state index contributed by atoms with van der Waals surface area (Å²) in [6.45, 7) is 5.24. The number of nitrogens with zero attached hydrogens (tertiary/aromatic N) is 3. The lowest BCUT2D eigenvalue weighted by atomic mass is 10.00. The molecular formula is C17H21ClN4O2. The number of hydrogen-bond donors (Lipinski definition) is 2. The molecule has 1 aromatic carbocycles. The van der Waals surface area contributed by atoms with E-state index in [2.05, 4.69) is 10.4 Å². The van der Waals surface area contributed by atoms with Crippen molar-refractivity contribution in [3.05, 3.63) is 41.0 Å². The number of anilines is 1. The predicted molar refractivity (Wildman–Crippen MR) is 93.6 cm³/mol. The fraction of sp³-hybridized carbons (Fsp3) is 0.412. The molecule has 1 fully saturated rings. The molecule has 7 heteroatoms. The molecule has 2 aromatic rings. The molecule has 0 aliphatic carbocycles. The van der Waals surface area contributed by atoms with E-state index in [-0.39, 0.29) is 18.6 Å². The van der Waals surface area contributed by atoms with Gasteiger partial charge in [0, 0.05) is 37.4 Å². The van der Waals surface area contributed by atoms with Crippen molar-refractivity contribution in [1.82, 2.24) is 14.7 Å². The second kappa shape index (κ2) is 6.83. The van der Waals surface area contributed by atoms with E-state index in [1.165, 1.54) is 0 Å². The summed E-state index contributed by atoms with van der Waals surface area (Å²) in [5.74, 6) is 0.945. The molecule has 1 saturated heterocycles. The van der Waals surface area contributed by atoms with Crippen LogP contribution >= 0.6 is 11.6 Å². The minimum absolute atomic E-state index is 0.102. The summed E-state index contributed by atoms with van der Waals surface area (Å²) >= 11 is 6.20. The van der Waals surface area contributed by atoms with Gasteiger partial charge in [-0.1, -0.05) is 30.7 Å². The topological polar surface area (TPSA) is 70.4 Å². The number of nitrogens with one attached hydrogen (secondary N) is 1. The maximum Gasteiger partial charge on any atom is 0.323 e. The molecule has 2 heterocycles. The highest BCUT2D eigenvalue weighted by Crippen LogP contribution is 2.25. The normalized spacial score (nSPS) is 20.4. The average molecular weight is 349 g/mol. The minimum atomic E-state index is -0.190. The number of rotatable bonds is 3. The summed E-state index contributed by atoms with van der Waals surface area (Å²) in [7, 11) is 0. The van der Waals surface area contributed by atoms with Crippen LogP contribution in [0.15, 0.2) is 30.5 Å². The summed E-state index contributed by atoms with van der Waals surface area (Å²) in [4.78, 5) is 14.2. The van der Waals surface area contributed by atoms with E-state index < -0.39 is 0 Å². The van der Waals surface area contributed by atoms with Crippen LogP contribution in [0.2, 0.25) is 5.02 Å². The molecule has 0 unspecified atom stereocenters. The molecule has 0 spiro atoms. The second-order valence-corrected chi connectivity index (χ2v) is 6.72. The third-order valence-electron chi connectivity index (χ3n) is 4.51. The molecular weight excluding hydrogens is 328 g/mol. The third kappa shape index (κ3) is 3.25. The summed E-state index contributed by atoms with van der Waals surface area (Å²) in [6.07, 6.45) is 1.83. The fourth-order valence-electron chi connectivity index (χ4n) is 2.96. The Bertz CT molecular complexity index is 746. The number of benzene rings is 1. The molecule has 24 heavy (non-hydrogen) atoms. The Balaban J connectivity index is 1.75. The van der Waals surface area contributed by atoms with Gasteiger partial charge in [-0.2, -0.15) is 0 Å². The maximum atomic E-state index is 12.4. The lowest BCUT2D eigenvalue weighted by Gasteiger charge is -2.16. The Kier molecular flexibility index (Phi) is 4.78. The number of aliphatic hydroxyl groups excluding tert-OH is 1. The molecule has 2 atom stereocenters. The molecule has 0 saturated carbocycles. The smallest absolute Gasteiger partial charge is 0.323 e. The Labute approximate surface area is 146 Å². The van der Waals surface area contributed by atoms with E-state index in [9.17, 15) is 9.90 Å². The van der Waals surface area contributed by atoms with Gasteiger partial charge in [0.1, 0.15) is 0 Å². The van der Waals surface area contributed by atoms with Gasteiger partial charge in [0.15, 0.2) is 5.82 Å². The van der Waals surface area contributed by atoms with Crippen LogP contribution in [0.3, 0.4) is 0 Å². The van der Waals surface area contributed by atoms with Gasteiger partial charge in [-0.25, -0.2) is 9.48 Å². The van der Waals surface area contributed by atoms with Gasteiger partial charge in [0.25, 0.3) is 0 Å². The molecule has 1 aromatic heterocycles. The van der Waals surface area contributed by atoms with Crippen molar-refractivity contribution in [2.45, 2.75) is 13.8 Å². The Morgan fingerprint density at radius 3 is 2.83 bits per heavy atom. The van der Waals surface area contributed by atoms with Crippen LogP contribution in [0.25, 0.3) is 5.69 Å². The van der Waals surface area contributed by atoms with Crippen molar-refractivity contribution in [3.63, 3.8) is 0 Å². The standard InChI is InChI=1S/C17H21ClN4O2/c1-11-7-21(9-13(11)10-23)17(24)19-16-12(2)8-22(20-16)15-6-4-3-5-14(15)18/h3-6,8,11,13,23H,7,9-10H2,1-2H3,(H,19,20,24)/t11-,13+/m1/s1. The number of urea groups is 1. The molecule has 3 rings (SSSR count). The fourth-order valence-corrected chi connectivity index (χ4v) is 3.18. The van der Waals surface area contributed by atoms with Crippen LogP contribution in [0.1, 0.15) is 12.5 Å². The van der Waals surface area contributed by atoms with Gasteiger partial charge >= 0.3 is 6.03 Å². The van der Waals surface area contributed by atoms with Crippen LogP contribution in [-0.2, 0) is 0 Å². The second-order valence-electron chi connectivity index (χ2n) is 6.31. The first-order valence-corrected chi connectivity index (χ1v) is 8.35. The van der Waals surface area contributed by atoms with Crippen molar-refractivity contribution in [3.8, 4) is 5.69 Å². The number of carbonyl (C=O) groups is 1. The summed E-state index contributed by atoms with van der Waals surface area (Å²) in [6, 6.07) is 7.22. The van der Waals surface area contributed by atoms with Gasteiger partial charge < -0.3 is 10.0 Å². The zero-order chi connectivity index (χ0) is 17.3. The first-order chi connectivity index (χ1) is 11.5. The Morgan fingerprint density at radius 1 is 1.42 bits per heavy atom. The molecule has 2 N–H and O–H groups in total. The van der Waals surface area contributed by atoms with Crippen LogP contribution in [-0.4, -0.2) is 45.5 Å². The highest BCUT2D eigenvalue weighted by molar-refractivity contribution is 6.32. The van der Waals surface area contributed by atoms with E-state index in [1.54, 1.807) is 15.6 Å². The maximum absolute atomic E-state index is 12.4. The number of halogens is 1. The van der Waals surface area contributed by atoms with Gasteiger partial charge in [-0.15, -0.1) is 5.10 Å². The first kappa shape index (κ1) is 16.8. The SMILES string of the molecule is Cc1cn(-c2ccccc2Cl)nc1NC(=O)N1C[C@@H](CO)[C@H](C)C1. The number of likely N-dealkylation sites (tertiary alicyclic amines) is 1. The predicted octanol–water partition coefficient (Wildman–Crippen LogP) is 2.93. The lowest BCUT2D eigenvalue weighted by Crippen LogP contribution is -2.33. The average Bonchev–Trinajstić information content (AvgIpc) is 3.11. The zero-order valence-corrected chi connectivity index (χ0v) is 14.5. The molecule has 6 nitrogen and oxygen atoms in total. The quantitative estimate of drug-likeness (QED) is 0.896. The number of amides is 2. The number of aromatic nitrogens is 2. The Hall–Kier alpha value is -2.05. The van der Waals surface area contributed by atoms with Crippen LogP contribution < -0.4 is 5.32 Å². The summed E-state index contributed by atoms with van der Waals surface area (Å²) < 4.78 is 1.66. The molecule has 0 bridgehead atoms. The van der Waals surface area contributed by atoms with Crippen molar-refractivity contribution in [1.29, 1.82) is 0 Å². The van der Waals surface area contributed by atoms with Crippen molar-refractivity contribution in [2.24, 2.45) is 11.8 Å². The van der Waals surface area contributed by atoms with Gasteiger partial charge in [-0.05, 0) is 25.0 Å². The van der Waals surface area contributed by atoms with Crippen LogP contribution in [0, 0.1) is 18.8 Å². The highest BCUT2D eigenvalue weighted by Gasteiger charge is 2.32. The minimum Gasteiger partial charge on any atom is -0.396 e. The van der Waals surface area contributed by atoms with Crippen LogP contribution in [0.5, 0.6) is 0 Å². The van der Waals surface area contributed by atoms with E-state index >= 15 is 0 Å². The number of aryl methyl sites for hydroxylation is 1. The van der Waals surface area contributed by atoms with Crippen molar-refractivity contribution < 1.29 is 9.90 Å². The molecule has 1 aliphatic heterocycles. The van der Waals surface area contributed by atoms with E-state index in [4.69, 9.17) is 11.6 Å². The van der Waals surface area contributed by atoms with E-state index in [0.29, 0.717) is 29.8 Å². The Morgan fingerprint density at radius 2 is 2.17 bits per heavy atom. The third-order valence-corrected chi connectivity index (χ3v) is 4.83. The molecule has 0 radical (unpaired) electrons. The van der Waals surface area contributed by atoms with Crippen LogP contribution in [0.4, 0.5) is 10.6 Å². The summed E-state index contributed by atoms with van der Waals surface area (Å²) in [5.41, 5.74) is 1.62. The largest absolute Gasteiger partial charge is 0.396 e. The summed E-state index contributed by atoms with van der Waals surface area (Å²) in [5, 5.41) is 17.2. The first-order valence-electron chi connectivity index (χ1n) is 7.97. The lowest BCUT2D eigenvalue weighted by molar-refractivity contribution is 0.202. The monoisotopic (exact) mass is 348 g/mol.